The van der Waals surface area contributed by atoms with Gasteiger partial charge in [-0.05, 0) is 24.6 Å². The zero-order valence-electron chi connectivity index (χ0n) is 10.5. The van der Waals surface area contributed by atoms with Crippen molar-refractivity contribution in [3.05, 3.63) is 33.8 Å². The molecule has 1 aromatic rings. The lowest BCUT2D eigenvalue weighted by atomic mass is 10.1. The number of halogens is 2. The van der Waals surface area contributed by atoms with Crippen LogP contribution in [-0.2, 0) is 9.53 Å². The molecule has 19 heavy (non-hydrogen) atoms. The van der Waals surface area contributed by atoms with Crippen molar-refractivity contribution < 1.29 is 14.3 Å². The molecule has 104 valence electrons. The smallest absolute Gasteiger partial charge is 0.413 e. The predicted molar refractivity (Wildman–Crippen MR) is 73.4 cm³/mol. The molecule has 0 aliphatic carbocycles. The molecule has 2 amide bonds. The van der Waals surface area contributed by atoms with Crippen LogP contribution in [-0.4, -0.2) is 25.7 Å². The van der Waals surface area contributed by atoms with Crippen LogP contribution in [0.15, 0.2) is 18.2 Å². The van der Waals surface area contributed by atoms with Gasteiger partial charge in [0.1, 0.15) is 0 Å². The summed E-state index contributed by atoms with van der Waals surface area (Å²) in [5, 5.41) is 6.04. The summed E-state index contributed by atoms with van der Waals surface area (Å²) in [4.78, 5) is 22.2. The second kappa shape index (κ2) is 7.33. The minimum Gasteiger partial charge on any atom is -0.453 e. The standard InChI is InChI=1S/C12H14Cl2N2O3/c1-7(9-4-3-8(13)5-10(9)14)15-6-11(17)16-12(18)19-2/h3-5,7,15H,6H2,1-2H3,(H,16,17,18)/t7-/m0/s1. The summed E-state index contributed by atoms with van der Waals surface area (Å²) < 4.78 is 4.31. The first-order valence-electron chi connectivity index (χ1n) is 5.50. The van der Waals surface area contributed by atoms with Crippen molar-refractivity contribution in [2.24, 2.45) is 0 Å². The summed E-state index contributed by atoms with van der Waals surface area (Å²) in [7, 11) is 1.19. The molecule has 0 saturated heterocycles. The number of alkyl carbamates (subject to hydrolysis) is 1. The summed E-state index contributed by atoms with van der Waals surface area (Å²) in [5.74, 6) is -0.483. The fourth-order valence-electron chi connectivity index (χ4n) is 1.42. The number of nitrogens with one attached hydrogen (secondary N) is 2. The van der Waals surface area contributed by atoms with E-state index in [9.17, 15) is 9.59 Å². The Morgan fingerprint density at radius 1 is 1.37 bits per heavy atom. The SMILES string of the molecule is COC(=O)NC(=O)CN[C@@H](C)c1ccc(Cl)cc1Cl. The molecule has 0 heterocycles. The summed E-state index contributed by atoms with van der Waals surface area (Å²) in [5.41, 5.74) is 0.817. The van der Waals surface area contributed by atoms with Crippen molar-refractivity contribution in [3.8, 4) is 0 Å². The maximum absolute atomic E-state index is 11.4. The second-order valence-electron chi connectivity index (χ2n) is 3.81. The van der Waals surface area contributed by atoms with Gasteiger partial charge in [0.25, 0.3) is 0 Å². The Hall–Kier alpha value is -1.30. The molecule has 0 aliphatic heterocycles. The van der Waals surface area contributed by atoms with Crippen LogP contribution in [0.2, 0.25) is 10.0 Å². The normalized spacial score (nSPS) is 11.8. The number of carbonyl (C=O) groups excluding carboxylic acids is 2. The number of rotatable bonds is 4. The third kappa shape index (κ3) is 5.06. The van der Waals surface area contributed by atoms with Crippen molar-refractivity contribution in [1.82, 2.24) is 10.6 Å². The summed E-state index contributed by atoms with van der Waals surface area (Å²) >= 11 is 11.8. The number of ether oxygens (including phenoxy) is 1. The number of amides is 2. The van der Waals surface area contributed by atoms with Crippen LogP contribution in [0.1, 0.15) is 18.5 Å². The number of hydrogen-bond donors (Lipinski definition) is 2. The molecule has 7 heteroatoms. The molecule has 0 aromatic heterocycles. The van der Waals surface area contributed by atoms with E-state index in [4.69, 9.17) is 23.2 Å². The molecule has 0 saturated carbocycles. The van der Waals surface area contributed by atoms with Gasteiger partial charge in [-0.15, -0.1) is 0 Å². The Labute approximate surface area is 121 Å². The average molecular weight is 305 g/mol. The fourth-order valence-corrected chi connectivity index (χ4v) is 1.99. The number of methoxy groups -OCH3 is 1. The molecule has 2 N–H and O–H groups in total. The molecule has 1 atom stereocenters. The highest BCUT2D eigenvalue weighted by molar-refractivity contribution is 6.35. The molecular weight excluding hydrogens is 291 g/mol. The van der Waals surface area contributed by atoms with Crippen molar-refractivity contribution in [2.45, 2.75) is 13.0 Å². The van der Waals surface area contributed by atoms with Crippen molar-refractivity contribution in [3.63, 3.8) is 0 Å². The van der Waals surface area contributed by atoms with Crippen LogP contribution in [0.3, 0.4) is 0 Å². The number of imide groups is 1. The molecule has 0 radical (unpaired) electrons. The molecular formula is C12H14Cl2N2O3. The van der Waals surface area contributed by atoms with E-state index in [1.807, 2.05) is 12.2 Å². The number of benzene rings is 1. The van der Waals surface area contributed by atoms with Gasteiger partial charge in [-0.3, -0.25) is 10.1 Å². The van der Waals surface area contributed by atoms with Crippen LogP contribution in [0.5, 0.6) is 0 Å². The topological polar surface area (TPSA) is 67.4 Å². The Morgan fingerprint density at radius 3 is 2.63 bits per heavy atom. The largest absolute Gasteiger partial charge is 0.453 e. The van der Waals surface area contributed by atoms with E-state index in [1.54, 1.807) is 18.2 Å². The quantitative estimate of drug-likeness (QED) is 0.897. The minimum atomic E-state index is -0.788. The highest BCUT2D eigenvalue weighted by atomic mass is 35.5. The van der Waals surface area contributed by atoms with E-state index in [-0.39, 0.29) is 12.6 Å². The summed E-state index contributed by atoms with van der Waals surface area (Å²) in [6, 6.07) is 4.97. The van der Waals surface area contributed by atoms with Crippen molar-refractivity contribution in [1.29, 1.82) is 0 Å². The molecule has 0 bridgehead atoms. The first-order valence-corrected chi connectivity index (χ1v) is 6.25. The summed E-state index contributed by atoms with van der Waals surface area (Å²) in [6.45, 7) is 1.82. The molecule has 1 rings (SSSR count). The lowest BCUT2D eigenvalue weighted by Gasteiger charge is -2.15. The maximum atomic E-state index is 11.4. The van der Waals surface area contributed by atoms with E-state index in [0.29, 0.717) is 10.0 Å². The van der Waals surface area contributed by atoms with Crippen LogP contribution in [0, 0.1) is 0 Å². The summed E-state index contributed by atoms with van der Waals surface area (Å²) in [6.07, 6.45) is -0.788. The third-order valence-electron chi connectivity index (χ3n) is 2.42. The number of carbonyl (C=O) groups is 2. The van der Waals surface area contributed by atoms with E-state index >= 15 is 0 Å². The van der Waals surface area contributed by atoms with Gasteiger partial charge in [-0.2, -0.15) is 0 Å². The lowest BCUT2D eigenvalue weighted by molar-refractivity contribution is -0.119. The van der Waals surface area contributed by atoms with Gasteiger partial charge in [0, 0.05) is 16.1 Å². The monoisotopic (exact) mass is 304 g/mol. The molecule has 0 aliphatic rings. The maximum Gasteiger partial charge on any atom is 0.413 e. The average Bonchev–Trinajstić information content (AvgIpc) is 2.35. The van der Waals surface area contributed by atoms with Crippen molar-refractivity contribution in [2.75, 3.05) is 13.7 Å². The van der Waals surface area contributed by atoms with Crippen LogP contribution in [0.4, 0.5) is 4.79 Å². The Bertz CT molecular complexity index is 480. The van der Waals surface area contributed by atoms with E-state index < -0.39 is 12.0 Å². The third-order valence-corrected chi connectivity index (χ3v) is 2.99. The Morgan fingerprint density at radius 2 is 2.05 bits per heavy atom. The minimum absolute atomic E-state index is 0.0325. The molecule has 5 nitrogen and oxygen atoms in total. The zero-order valence-corrected chi connectivity index (χ0v) is 12.0. The molecule has 0 fully saturated rings. The Kier molecular flexibility index (Phi) is 6.08. The second-order valence-corrected chi connectivity index (χ2v) is 4.65. The van der Waals surface area contributed by atoms with Gasteiger partial charge in [0.15, 0.2) is 0 Å². The van der Waals surface area contributed by atoms with Crippen LogP contribution < -0.4 is 10.6 Å². The zero-order chi connectivity index (χ0) is 14.4. The molecule has 0 spiro atoms. The predicted octanol–water partition coefficient (Wildman–Crippen LogP) is 2.53. The first kappa shape index (κ1) is 15.8. The van der Waals surface area contributed by atoms with Gasteiger partial charge in [-0.1, -0.05) is 29.3 Å². The lowest BCUT2D eigenvalue weighted by Crippen LogP contribution is -2.38. The Balaban J connectivity index is 2.53. The van der Waals surface area contributed by atoms with Gasteiger partial charge >= 0.3 is 6.09 Å². The van der Waals surface area contributed by atoms with Crippen LogP contribution >= 0.6 is 23.2 Å². The van der Waals surface area contributed by atoms with E-state index in [1.165, 1.54) is 7.11 Å². The molecule has 1 aromatic carbocycles. The fraction of sp³-hybridized carbons (Fsp3) is 0.333. The highest BCUT2D eigenvalue weighted by Crippen LogP contribution is 2.25. The first-order chi connectivity index (χ1) is 8.93. The highest BCUT2D eigenvalue weighted by Gasteiger charge is 2.12. The van der Waals surface area contributed by atoms with E-state index in [0.717, 1.165) is 5.56 Å². The molecule has 0 unspecified atom stereocenters. The van der Waals surface area contributed by atoms with Crippen LogP contribution in [0.25, 0.3) is 0 Å². The number of hydrogen-bond acceptors (Lipinski definition) is 4. The van der Waals surface area contributed by atoms with Gasteiger partial charge in [-0.25, -0.2) is 4.79 Å². The van der Waals surface area contributed by atoms with Gasteiger partial charge in [0.05, 0.1) is 13.7 Å². The van der Waals surface area contributed by atoms with Gasteiger partial charge < -0.3 is 10.1 Å². The van der Waals surface area contributed by atoms with Gasteiger partial charge in [0.2, 0.25) is 5.91 Å². The van der Waals surface area contributed by atoms with E-state index in [2.05, 4.69) is 10.1 Å². The van der Waals surface area contributed by atoms with Crippen molar-refractivity contribution >= 4 is 35.2 Å².